The lowest BCUT2D eigenvalue weighted by atomic mass is 10.0. The van der Waals surface area contributed by atoms with Crippen LogP contribution in [0, 0.1) is 5.92 Å². The van der Waals surface area contributed by atoms with Gasteiger partial charge >= 0.3 is 0 Å². The molecular weight excluding hydrogens is 202 g/mol. The molecule has 0 radical (unpaired) electrons. The zero-order valence-corrected chi connectivity index (χ0v) is 11.4. The second-order valence-electron chi connectivity index (χ2n) is 5.32. The van der Waals surface area contributed by atoms with E-state index in [1.165, 1.54) is 6.42 Å². The predicted octanol–water partition coefficient (Wildman–Crippen LogP) is 2.16. The van der Waals surface area contributed by atoms with E-state index in [0.717, 1.165) is 13.2 Å². The second-order valence-corrected chi connectivity index (χ2v) is 5.32. The fourth-order valence-corrected chi connectivity index (χ4v) is 2.52. The van der Waals surface area contributed by atoms with Gasteiger partial charge in [-0.15, -0.1) is 0 Å². The van der Waals surface area contributed by atoms with Crippen molar-refractivity contribution in [2.45, 2.75) is 52.3 Å². The van der Waals surface area contributed by atoms with Gasteiger partial charge in [-0.1, -0.05) is 13.8 Å². The molecule has 0 unspecified atom stereocenters. The zero-order valence-electron chi connectivity index (χ0n) is 11.4. The average molecular weight is 229 g/mol. The molecule has 3 nitrogen and oxygen atoms in total. The van der Waals surface area contributed by atoms with Crippen molar-refractivity contribution in [3.8, 4) is 0 Å². The van der Waals surface area contributed by atoms with Gasteiger partial charge in [-0.25, -0.2) is 0 Å². The van der Waals surface area contributed by atoms with Crippen LogP contribution < -0.4 is 0 Å². The molecule has 2 atom stereocenters. The highest BCUT2D eigenvalue weighted by Gasteiger charge is 2.35. The molecule has 1 fully saturated rings. The van der Waals surface area contributed by atoms with Gasteiger partial charge in [0.15, 0.2) is 0 Å². The van der Waals surface area contributed by atoms with Crippen molar-refractivity contribution < 1.29 is 9.47 Å². The van der Waals surface area contributed by atoms with Crippen LogP contribution in [0.2, 0.25) is 0 Å². The average Bonchev–Trinajstić information content (AvgIpc) is 2.62. The van der Waals surface area contributed by atoms with Crippen LogP contribution in [0.5, 0.6) is 0 Å². The first-order chi connectivity index (χ1) is 7.56. The fraction of sp³-hybridized carbons (Fsp3) is 1.00. The fourth-order valence-electron chi connectivity index (χ4n) is 2.52. The SMILES string of the molecule is COCCO[C@H]1C[C@@H](C(C)C)N(C(C)C)C1. The molecule has 1 aliphatic heterocycles. The molecule has 1 aliphatic rings. The van der Waals surface area contributed by atoms with E-state index in [2.05, 4.69) is 32.6 Å². The minimum atomic E-state index is 0.393. The molecule has 16 heavy (non-hydrogen) atoms. The second kappa shape index (κ2) is 6.58. The van der Waals surface area contributed by atoms with Gasteiger partial charge in [0.2, 0.25) is 0 Å². The Morgan fingerprint density at radius 3 is 2.31 bits per heavy atom. The molecule has 0 aromatic heterocycles. The van der Waals surface area contributed by atoms with Crippen LogP contribution in [0.25, 0.3) is 0 Å². The van der Waals surface area contributed by atoms with E-state index in [0.29, 0.717) is 30.7 Å². The van der Waals surface area contributed by atoms with Crippen LogP contribution in [-0.4, -0.2) is 50.0 Å². The number of hydrogen-bond acceptors (Lipinski definition) is 3. The van der Waals surface area contributed by atoms with Crippen molar-refractivity contribution in [3.05, 3.63) is 0 Å². The summed E-state index contributed by atoms with van der Waals surface area (Å²) in [6, 6.07) is 1.29. The van der Waals surface area contributed by atoms with Gasteiger partial charge in [0.25, 0.3) is 0 Å². The molecule has 96 valence electrons. The van der Waals surface area contributed by atoms with Crippen LogP contribution in [0.1, 0.15) is 34.1 Å². The van der Waals surface area contributed by atoms with Crippen LogP contribution in [0.3, 0.4) is 0 Å². The molecule has 0 N–H and O–H groups in total. The minimum absolute atomic E-state index is 0.393. The van der Waals surface area contributed by atoms with Crippen molar-refractivity contribution in [2.75, 3.05) is 26.9 Å². The van der Waals surface area contributed by atoms with Crippen molar-refractivity contribution in [1.82, 2.24) is 4.90 Å². The number of methoxy groups -OCH3 is 1. The van der Waals surface area contributed by atoms with Gasteiger partial charge in [0.05, 0.1) is 19.3 Å². The number of likely N-dealkylation sites (tertiary alicyclic amines) is 1. The van der Waals surface area contributed by atoms with E-state index in [4.69, 9.17) is 9.47 Å². The molecule has 0 aromatic rings. The van der Waals surface area contributed by atoms with Gasteiger partial charge in [-0.2, -0.15) is 0 Å². The Kier molecular flexibility index (Phi) is 5.73. The third-order valence-electron chi connectivity index (χ3n) is 3.42. The van der Waals surface area contributed by atoms with Gasteiger partial charge < -0.3 is 9.47 Å². The van der Waals surface area contributed by atoms with E-state index in [1.807, 2.05) is 0 Å². The predicted molar refractivity (Wildman–Crippen MR) is 66.7 cm³/mol. The Bertz CT molecular complexity index is 178. The van der Waals surface area contributed by atoms with Gasteiger partial charge in [-0.3, -0.25) is 4.90 Å². The Hall–Kier alpha value is -0.120. The zero-order chi connectivity index (χ0) is 12.1. The smallest absolute Gasteiger partial charge is 0.0718 e. The van der Waals surface area contributed by atoms with Crippen LogP contribution in [-0.2, 0) is 9.47 Å². The van der Waals surface area contributed by atoms with Crippen LogP contribution in [0.4, 0.5) is 0 Å². The number of ether oxygens (including phenoxy) is 2. The monoisotopic (exact) mass is 229 g/mol. The molecule has 0 aliphatic carbocycles. The maximum atomic E-state index is 5.84. The maximum absolute atomic E-state index is 5.84. The van der Waals surface area contributed by atoms with Gasteiger partial charge in [-0.05, 0) is 26.2 Å². The summed E-state index contributed by atoms with van der Waals surface area (Å²) < 4.78 is 10.8. The Morgan fingerprint density at radius 1 is 1.19 bits per heavy atom. The summed E-state index contributed by atoms with van der Waals surface area (Å²) in [6.07, 6.45) is 1.56. The third-order valence-corrected chi connectivity index (χ3v) is 3.42. The van der Waals surface area contributed by atoms with E-state index in [1.54, 1.807) is 7.11 Å². The summed E-state index contributed by atoms with van der Waals surface area (Å²) in [4.78, 5) is 2.57. The van der Waals surface area contributed by atoms with Crippen LogP contribution >= 0.6 is 0 Å². The standard InChI is InChI=1S/C13H27NO2/c1-10(2)13-8-12(16-7-6-15-5)9-14(13)11(3)4/h10-13H,6-9H2,1-5H3/t12-,13-/m0/s1. The first kappa shape index (κ1) is 13.9. The molecular formula is C13H27NO2. The topological polar surface area (TPSA) is 21.7 Å². The van der Waals surface area contributed by atoms with Crippen molar-refractivity contribution in [3.63, 3.8) is 0 Å². The Balaban J connectivity index is 2.42. The number of rotatable bonds is 6. The number of nitrogens with zero attached hydrogens (tertiary/aromatic N) is 1. The van der Waals surface area contributed by atoms with E-state index in [9.17, 15) is 0 Å². The normalized spacial score (nSPS) is 27.2. The summed E-state index contributed by atoms with van der Waals surface area (Å²) in [5, 5.41) is 0. The molecule has 0 bridgehead atoms. The molecule has 0 aromatic carbocycles. The highest BCUT2D eigenvalue weighted by Crippen LogP contribution is 2.27. The molecule has 1 rings (SSSR count). The summed E-state index contributed by atoms with van der Waals surface area (Å²) in [5.74, 6) is 0.707. The molecule has 1 saturated heterocycles. The summed E-state index contributed by atoms with van der Waals surface area (Å²) in [5.41, 5.74) is 0. The van der Waals surface area contributed by atoms with Crippen molar-refractivity contribution in [1.29, 1.82) is 0 Å². The van der Waals surface area contributed by atoms with Crippen molar-refractivity contribution in [2.24, 2.45) is 5.92 Å². The van der Waals surface area contributed by atoms with Gasteiger partial charge in [0, 0.05) is 25.7 Å². The van der Waals surface area contributed by atoms with Crippen molar-refractivity contribution >= 4 is 0 Å². The summed E-state index contributed by atoms with van der Waals surface area (Å²) >= 11 is 0. The lowest BCUT2D eigenvalue weighted by Crippen LogP contribution is -2.38. The summed E-state index contributed by atoms with van der Waals surface area (Å²) in [7, 11) is 1.72. The highest BCUT2D eigenvalue weighted by molar-refractivity contribution is 4.89. The highest BCUT2D eigenvalue weighted by atomic mass is 16.5. The Morgan fingerprint density at radius 2 is 1.88 bits per heavy atom. The third kappa shape index (κ3) is 3.72. The van der Waals surface area contributed by atoms with E-state index < -0.39 is 0 Å². The van der Waals surface area contributed by atoms with E-state index in [-0.39, 0.29) is 0 Å². The maximum Gasteiger partial charge on any atom is 0.0718 e. The summed E-state index contributed by atoms with van der Waals surface area (Å²) in [6.45, 7) is 11.6. The lowest BCUT2D eigenvalue weighted by molar-refractivity contribution is 0.0208. The lowest BCUT2D eigenvalue weighted by Gasteiger charge is -2.30. The quantitative estimate of drug-likeness (QED) is 0.651. The molecule has 1 heterocycles. The molecule has 3 heteroatoms. The number of hydrogen-bond donors (Lipinski definition) is 0. The molecule has 0 saturated carbocycles. The first-order valence-electron chi connectivity index (χ1n) is 6.42. The van der Waals surface area contributed by atoms with Crippen LogP contribution in [0.15, 0.2) is 0 Å². The molecule has 0 amide bonds. The Labute approximate surface area is 100 Å². The molecule has 0 spiro atoms. The minimum Gasteiger partial charge on any atom is -0.382 e. The first-order valence-corrected chi connectivity index (χ1v) is 6.42. The largest absolute Gasteiger partial charge is 0.382 e. The van der Waals surface area contributed by atoms with E-state index >= 15 is 0 Å². The van der Waals surface area contributed by atoms with Gasteiger partial charge in [0.1, 0.15) is 0 Å².